The molecule has 0 aliphatic heterocycles. The largest absolute Gasteiger partial charge is 0.298 e. The van der Waals surface area contributed by atoms with Crippen molar-refractivity contribution in [3.63, 3.8) is 0 Å². The molecule has 0 amide bonds. The Bertz CT molecular complexity index is 465. The van der Waals surface area contributed by atoms with Gasteiger partial charge in [0.15, 0.2) is 12.1 Å². The minimum atomic E-state index is -0.991. The van der Waals surface area contributed by atoms with Gasteiger partial charge in [-0.2, -0.15) is 5.26 Å². The van der Waals surface area contributed by atoms with E-state index in [1.165, 1.54) is 6.07 Å². The van der Waals surface area contributed by atoms with Gasteiger partial charge in [0.05, 0.1) is 28.6 Å². The number of nitriles is 1. The number of aldehydes is 1. The van der Waals surface area contributed by atoms with Crippen molar-refractivity contribution in [2.75, 3.05) is 5.88 Å². The van der Waals surface area contributed by atoms with Crippen LogP contribution >= 0.6 is 11.6 Å². The van der Waals surface area contributed by atoms with Gasteiger partial charge in [0, 0.05) is 0 Å². The van der Waals surface area contributed by atoms with Crippen molar-refractivity contribution < 1.29 is 14.0 Å². The highest BCUT2D eigenvalue weighted by Crippen LogP contribution is 2.16. The lowest BCUT2D eigenvalue weighted by atomic mass is 10.0. The Morgan fingerprint density at radius 3 is 2.73 bits per heavy atom. The number of ketones is 1. The fourth-order valence-corrected chi connectivity index (χ4v) is 1.24. The molecule has 0 spiro atoms. The van der Waals surface area contributed by atoms with Crippen LogP contribution in [0.3, 0.4) is 0 Å². The van der Waals surface area contributed by atoms with Crippen LogP contribution in [-0.4, -0.2) is 17.9 Å². The summed E-state index contributed by atoms with van der Waals surface area (Å²) < 4.78 is 13.5. The lowest BCUT2D eigenvalue weighted by Crippen LogP contribution is -2.07. The number of hydrogen-bond acceptors (Lipinski definition) is 3. The minimum Gasteiger partial charge on any atom is -0.298 e. The van der Waals surface area contributed by atoms with Crippen LogP contribution in [0, 0.1) is 17.1 Å². The predicted octanol–water partition coefficient (Wildman–Crippen LogP) is 1.93. The van der Waals surface area contributed by atoms with E-state index in [1.807, 2.05) is 0 Å². The van der Waals surface area contributed by atoms with Gasteiger partial charge in [-0.15, -0.1) is 11.6 Å². The van der Waals surface area contributed by atoms with E-state index < -0.39 is 17.2 Å². The molecular weight excluding hydrogens is 221 g/mol. The predicted molar refractivity (Wildman–Crippen MR) is 51.6 cm³/mol. The average molecular weight is 226 g/mol. The van der Waals surface area contributed by atoms with Gasteiger partial charge in [-0.3, -0.25) is 9.59 Å². The maximum absolute atomic E-state index is 13.5. The summed E-state index contributed by atoms with van der Waals surface area (Å²) in [5.74, 6) is -1.99. The number of benzene rings is 1. The monoisotopic (exact) mass is 225 g/mol. The molecule has 0 saturated carbocycles. The molecule has 0 unspecified atom stereocenters. The topological polar surface area (TPSA) is 57.9 Å². The smallest absolute Gasteiger partial charge is 0.180 e. The number of hydrogen-bond donors (Lipinski definition) is 0. The molecule has 0 bridgehead atoms. The molecule has 1 rings (SSSR count). The number of halogens is 2. The number of carbonyl (C=O) groups is 2. The van der Waals surface area contributed by atoms with Gasteiger partial charge < -0.3 is 0 Å². The zero-order chi connectivity index (χ0) is 11.4. The molecule has 0 N–H and O–H groups in total. The lowest BCUT2D eigenvalue weighted by Gasteiger charge is -2.03. The molecule has 0 aliphatic rings. The summed E-state index contributed by atoms with van der Waals surface area (Å²) in [6, 6.07) is 4.02. The Kier molecular flexibility index (Phi) is 3.53. The summed E-state index contributed by atoms with van der Waals surface area (Å²) in [5, 5.41) is 8.57. The van der Waals surface area contributed by atoms with Gasteiger partial charge in [-0.05, 0) is 12.1 Å². The van der Waals surface area contributed by atoms with Crippen molar-refractivity contribution in [3.8, 4) is 6.07 Å². The van der Waals surface area contributed by atoms with Crippen LogP contribution in [0.25, 0.3) is 0 Å². The van der Waals surface area contributed by atoms with E-state index >= 15 is 0 Å². The molecule has 76 valence electrons. The Balaban J connectivity index is 3.43. The number of alkyl halides is 1. The number of rotatable bonds is 3. The zero-order valence-corrected chi connectivity index (χ0v) is 8.21. The first-order valence-corrected chi connectivity index (χ1v) is 4.46. The van der Waals surface area contributed by atoms with Crippen LogP contribution in [0.2, 0.25) is 0 Å². The molecule has 5 heteroatoms. The van der Waals surface area contributed by atoms with Crippen molar-refractivity contribution in [1.29, 1.82) is 5.26 Å². The summed E-state index contributed by atoms with van der Waals surface area (Å²) in [5.41, 5.74) is -0.784. The molecule has 3 nitrogen and oxygen atoms in total. The third-order valence-corrected chi connectivity index (χ3v) is 2.08. The van der Waals surface area contributed by atoms with E-state index in [9.17, 15) is 14.0 Å². The van der Waals surface area contributed by atoms with Crippen LogP contribution in [0.4, 0.5) is 4.39 Å². The summed E-state index contributed by atoms with van der Waals surface area (Å²) in [6.45, 7) is 0. The molecule has 0 saturated heterocycles. The summed E-state index contributed by atoms with van der Waals surface area (Å²) >= 11 is 5.26. The molecule has 0 fully saturated rings. The Labute approximate surface area is 90.1 Å². The SMILES string of the molecule is N#Cc1ccc(C(=O)CCl)c(F)c1C=O. The fraction of sp³-hybridized carbons (Fsp3) is 0.100. The van der Waals surface area contributed by atoms with Crippen LogP contribution in [0.15, 0.2) is 12.1 Å². The minimum absolute atomic E-state index is 0.103. The van der Waals surface area contributed by atoms with E-state index in [2.05, 4.69) is 0 Å². The Hall–Kier alpha value is -1.73. The van der Waals surface area contributed by atoms with Crippen molar-refractivity contribution in [1.82, 2.24) is 0 Å². The molecular formula is C10H5ClFNO2. The Morgan fingerprint density at radius 1 is 1.60 bits per heavy atom. The quantitative estimate of drug-likeness (QED) is 0.449. The second kappa shape index (κ2) is 4.67. The lowest BCUT2D eigenvalue weighted by molar-refractivity contribution is 0.101. The zero-order valence-electron chi connectivity index (χ0n) is 7.46. The molecule has 0 radical (unpaired) electrons. The second-order valence-corrected chi connectivity index (χ2v) is 2.94. The van der Waals surface area contributed by atoms with Crippen LogP contribution in [-0.2, 0) is 0 Å². The third kappa shape index (κ3) is 2.03. The first-order chi connectivity index (χ1) is 7.15. The maximum atomic E-state index is 13.5. The highest BCUT2D eigenvalue weighted by atomic mass is 35.5. The van der Waals surface area contributed by atoms with Crippen LogP contribution < -0.4 is 0 Å². The average Bonchev–Trinajstić information content (AvgIpc) is 2.27. The van der Waals surface area contributed by atoms with E-state index in [-0.39, 0.29) is 23.3 Å². The summed E-state index contributed by atoms with van der Waals surface area (Å²) in [7, 11) is 0. The highest BCUT2D eigenvalue weighted by molar-refractivity contribution is 6.30. The van der Waals surface area contributed by atoms with E-state index in [0.29, 0.717) is 0 Å². The van der Waals surface area contributed by atoms with Gasteiger partial charge in [-0.1, -0.05) is 0 Å². The maximum Gasteiger partial charge on any atom is 0.180 e. The van der Waals surface area contributed by atoms with Crippen LogP contribution in [0.1, 0.15) is 26.3 Å². The molecule has 0 atom stereocenters. The van der Waals surface area contributed by atoms with Gasteiger partial charge in [0.1, 0.15) is 5.82 Å². The van der Waals surface area contributed by atoms with Crippen molar-refractivity contribution >= 4 is 23.7 Å². The van der Waals surface area contributed by atoms with Gasteiger partial charge in [-0.25, -0.2) is 4.39 Å². The molecule has 0 aliphatic carbocycles. The molecule has 0 aromatic heterocycles. The number of Topliss-reactive ketones (excluding diaryl/α,β-unsaturated/α-hetero) is 1. The number of carbonyl (C=O) groups excluding carboxylic acids is 2. The number of nitrogens with zero attached hydrogens (tertiary/aromatic N) is 1. The van der Waals surface area contributed by atoms with Gasteiger partial charge in [0.25, 0.3) is 0 Å². The highest BCUT2D eigenvalue weighted by Gasteiger charge is 2.17. The molecule has 0 heterocycles. The van der Waals surface area contributed by atoms with Crippen molar-refractivity contribution in [2.45, 2.75) is 0 Å². The summed E-state index contributed by atoms with van der Waals surface area (Å²) in [4.78, 5) is 21.7. The first kappa shape index (κ1) is 11.3. The van der Waals surface area contributed by atoms with Crippen molar-refractivity contribution in [3.05, 3.63) is 34.6 Å². The van der Waals surface area contributed by atoms with E-state index in [0.717, 1.165) is 6.07 Å². The van der Waals surface area contributed by atoms with Crippen LogP contribution in [0.5, 0.6) is 0 Å². The summed E-state index contributed by atoms with van der Waals surface area (Å²) in [6.07, 6.45) is 0.207. The van der Waals surface area contributed by atoms with E-state index in [1.54, 1.807) is 6.07 Å². The first-order valence-electron chi connectivity index (χ1n) is 3.92. The molecule has 1 aromatic rings. The van der Waals surface area contributed by atoms with Gasteiger partial charge >= 0.3 is 0 Å². The van der Waals surface area contributed by atoms with Gasteiger partial charge in [0.2, 0.25) is 0 Å². The Morgan fingerprint density at radius 2 is 2.27 bits per heavy atom. The standard InChI is InChI=1S/C10H5ClFNO2/c11-3-9(15)7-2-1-6(4-13)8(5-14)10(7)12/h1-2,5H,3H2. The normalized spacial score (nSPS) is 9.40. The van der Waals surface area contributed by atoms with Crippen molar-refractivity contribution in [2.24, 2.45) is 0 Å². The third-order valence-electron chi connectivity index (χ3n) is 1.84. The molecule has 15 heavy (non-hydrogen) atoms. The fourth-order valence-electron chi connectivity index (χ4n) is 1.09. The second-order valence-electron chi connectivity index (χ2n) is 2.67. The molecule has 1 aromatic carbocycles. The van der Waals surface area contributed by atoms with E-state index in [4.69, 9.17) is 16.9 Å².